The van der Waals surface area contributed by atoms with E-state index in [-0.39, 0.29) is 5.56 Å². The molecule has 0 bridgehead atoms. The van der Waals surface area contributed by atoms with Gasteiger partial charge in [-0.25, -0.2) is 9.97 Å². The molecule has 0 aliphatic heterocycles. The third-order valence-electron chi connectivity index (χ3n) is 4.60. The van der Waals surface area contributed by atoms with Crippen molar-refractivity contribution in [2.24, 2.45) is 0 Å². The summed E-state index contributed by atoms with van der Waals surface area (Å²) in [6.45, 7) is 0. The zero-order valence-electron chi connectivity index (χ0n) is 17.1. The van der Waals surface area contributed by atoms with Crippen LogP contribution in [0.3, 0.4) is 0 Å². The number of nitrogens with zero attached hydrogens (tertiary/aromatic N) is 3. The van der Waals surface area contributed by atoms with Crippen LogP contribution in [0.1, 0.15) is 16.7 Å². The van der Waals surface area contributed by atoms with Crippen LogP contribution in [-0.4, -0.2) is 9.97 Å². The molecule has 0 N–H and O–H groups in total. The van der Waals surface area contributed by atoms with E-state index >= 15 is 0 Å². The lowest BCUT2D eigenvalue weighted by molar-refractivity contribution is -0.137. The van der Waals surface area contributed by atoms with Gasteiger partial charge in [-0.2, -0.15) is 18.4 Å². The number of hydrogen-bond donors (Lipinski definition) is 0. The summed E-state index contributed by atoms with van der Waals surface area (Å²) in [4.78, 5) is 9.51. The van der Waals surface area contributed by atoms with E-state index in [1.165, 1.54) is 17.8 Å². The fourth-order valence-electron chi connectivity index (χ4n) is 3.03. The van der Waals surface area contributed by atoms with Gasteiger partial charge < -0.3 is 0 Å². The van der Waals surface area contributed by atoms with Gasteiger partial charge in [0.15, 0.2) is 5.16 Å². The van der Waals surface area contributed by atoms with Crippen molar-refractivity contribution in [3.8, 4) is 17.3 Å². The molecule has 164 valence electrons. The minimum atomic E-state index is -4.45. The fourth-order valence-corrected chi connectivity index (χ4v) is 4.82. The predicted molar refractivity (Wildman–Crippen MR) is 124 cm³/mol. The van der Waals surface area contributed by atoms with Gasteiger partial charge in [-0.05, 0) is 23.8 Å². The Morgan fingerprint density at radius 3 is 2.21 bits per heavy atom. The molecule has 1 heterocycles. The Bertz CT molecular complexity index is 1290. The maximum Gasteiger partial charge on any atom is 0.416 e. The van der Waals surface area contributed by atoms with Crippen molar-refractivity contribution in [2.75, 3.05) is 0 Å². The summed E-state index contributed by atoms with van der Waals surface area (Å²) in [7, 11) is 0. The Morgan fingerprint density at radius 1 is 0.848 bits per heavy atom. The monoisotopic (exact) mass is 479 g/mol. The molecule has 8 heteroatoms. The van der Waals surface area contributed by atoms with Crippen LogP contribution in [0.2, 0.25) is 0 Å². The average Bonchev–Trinajstić information content (AvgIpc) is 2.83. The van der Waals surface area contributed by atoms with Crippen molar-refractivity contribution in [3.05, 3.63) is 102 Å². The molecule has 0 aliphatic rings. The molecule has 0 unspecified atom stereocenters. The summed E-state index contributed by atoms with van der Waals surface area (Å²) in [5, 5.41) is 10.7. The summed E-state index contributed by atoms with van der Waals surface area (Å²) < 4.78 is 39.5. The zero-order chi connectivity index (χ0) is 23.3. The van der Waals surface area contributed by atoms with Crippen molar-refractivity contribution < 1.29 is 13.2 Å². The molecule has 4 rings (SSSR count). The minimum Gasteiger partial charge on any atom is -0.221 e. The number of thioether (sulfide) groups is 1. The second-order valence-electron chi connectivity index (χ2n) is 6.91. The maximum atomic E-state index is 13.2. The summed E-state index contributed by atoms with van der Waals surface area (Å²) in [5.74, 6) is 0.620. The van der Waals surface area contributed by atoms with Gasteiger partial charge in [0.05, 0.1) is 11.3 Å². The lowest BCUT2D eigenvalue weighted by atomic mass is 10.1. The molecule has 0 radical (unpaired) electrons. The third-order valence-corrected chi connectivity index (χ3v) is 6.50. The van der Waals surface area contributed by atoms with Gasteiger partial charge in [0.1, 0.15) is 16.7 Å². The van der Waals surface area contributed by atoms with Crippen LogP contribution >= 0.6 is 23.5 Å². The topological polar surface area (TPSA) is 49.6 Å². The molecule has 0 amide bonds. The van der Waals surface area contributed by atoms with Crippen LogP contribution in [0, 0.1) is 11.3 Å². The smallest absolute Gasteiger partial charge is 0.221 e. The molecule has 0 atom stereocenters. The zero-order valence-corrected chi connectivity index (χ0v) is 18.7. The van der Waals surface area contributed by atoms with E-state index < -0.39 is 11.7 Å². The third kappa shape index (κ3) is 5.75. The summed E-state index contributed by atoms with van der Waals surface area (Å²) in [6.07, 6.45) is -4.45. The van der Waals surface area contributed by atoms with Crippen LogP contribution in [0.4, 0.5) is 13.2 Å². The molecule has 3 aromatic carbocycles. The molecule has 0 fully saturated rings. The van der Waals surface area contributed by atoms with Crippen LogP contribution in [0.25, 0.3) is 11.3 Å². The first kappa shape index (κ1) is 22.9. The van der Waals surface area contributed by atoms with E-state index in [1.807, 2.05) is 60.7 Å². The normalized spacial score (nSPS) is 11.2. The number of halogens is 3. The van der Waals surface area contributed by atoms with Crippen LogP contribution in [-0.2, 0) is 11.9 Å². The molecule has 3 nitrogen and oxygen atoms in total. The number of alkyl halides is 3. The first-order valence-corrected chi connectivity index (χ1v) is 11.6. The van der Waals surface area contributed by atoms with E-state index in [0.29, 0.717) is 26.5 Å². The summed E-state index contributed by atoms with van der Waals surface area (Å²) >= 11 is 2.44. The van der Waals surface area contributed by atoms with Gasteiger partial charge in [-0.3, -0.25) is 0 Å². The maximum absolute atomic E-state index is 13.2. The molecule has 0 aliphatic carbocycles. The van der Waals surface area contributed by atoms with E-state index in [9.17, 15) is 18.4 Å². The Balaban J connectivity index is 1.75. The number of aromatic nitrogens is 2. The van der Waals surface area contributed by atoms with Crippen molar-refractivity contribution >= 4 is 23.5 Å². The molecule has 0 saturated carbocycles. The Morgan fingerprint density at radius 2 is 1.55 bits per heavy atom. The predicted octanol–water partition coefficient (Wildman–Crippen LogP) is 7.48. The Kier molecular flexibility index (Phi) is 7.02. The van der Waals surface area contributed by atoms with E-state index in [4.69, 9.17) is 0 Å². The number of hydrogen-bond acceptors (Lipinski definition) is 5. The second-order valence-corrected chi connectivity index (χ2v) is 8.92. The molecule has 0 spiro atoms. The number of nitriles is 1. The molecule has 33 heavy (non-hydrogen) atoms. The fraction of sp³-hybridized carbons (Fsp3) is 0.0800. The largest absolute Gasteiger partial charge is 0.416 e. The first-order chi connectivity index (χ1) is 15.9. The van der Waals surface area contributed by atoms with Crippen molar-refractivity contribution in [1.82, 2.24) is 9.97 Å². The SMILES string of the molecule is N#Cc1c(Sc2cccc(C(F)(F)F)c2)nc(SCc2ccccc2)nc1-c1ccccc1. The Labute approximate surface area is 197 Å². The van der Waals surface area contributed by atoms with Gasteiger partial charge in [-0.15, -0.1) is 0 Å². The highest BCUT2D eigenvalue weighted by molar-refractivity contribution is 7.99. The highest BCUT2D eigenvalue weighted by Crippen LogP contribution is 2.38. The lowest BCUT2D eigenvalue weighted by Crippen LogP contribution is -2.04. The van der Waals surface area contributed by atoms with Crippen LogP contribution in [0.15, 0.2) is 100 Å². The van der Waals surface area contributed by atoms with Crippen molar-refractivity contribution in [2.45, 2.75) is 27.0 Å². The molecule has 1 aromatic heterocycles. The van der Waals surface area contributed by atoms with E-state index in [1.54, 1.807) is 6.07 Å². The molecule has 4 aromatic rings. The van der Waals surface area contributed by atoms with E-state index in [2.05, 4.69) is 16.0 Å². The van der Waals surface area contributed by atoms with Gasteiger partial charge in [0.2, 0.25) is 0 Å². The second kappa shape index (κ2) is 10.1. The number of benzene rings is 3. The van der Waals surface area contributed by atoms with Crippen molar-refractivity contribution in [1.29, 1.82) is 5.26 Å². The average molecular weight is 480 g/mol. The van der Waals surface area contributed by atoms with Gasteiger partial charge in [-0.1, -0.05) is 90.3 Å². The Hall–Kier alpha value is -3.28. The highest BCUT2D eigenvalue weighted by atomic mass is 32.2. The van der Waals surface area contributed by atoms with Crippen LogP contribution < -0.4 is 0 Å². The van der Waals surface area contributed by atoms with Crippen molar-refractivity contribution in [3.63, 3.8) is 0 Å². The van der Waals surface area contributed by atoms with Gasteiger partial charge >= 0.3 is 6.18 Å². The van der Waals surface area contributed by atoms with E-state index in [0.717, 1.165) is 35.0 Å². The summed E-state index contributed by atoms with van der Waals surface area (Å²) in [5.41, 5.74) is 1.76. The molecular weight excluding hydrogens is 463 g/mol. The minimum absolute atomic E-state index is 0.229. The lowest BCUT2D eigenvalue weighted by Gasteiger charge is -2.12. The molecule has 0 saturated heterocycles. The van der Waals surface area contributed by atoms with Gasteiger partial charge in [0.25, 0.3) is 0 Å². The highest BCUT2D eigenvalue weighted by Gasteiger charge is 2.30. The molecular formula is C25H16F3N3S2. The van der Waals surface area contributed by atoms with Gasteiger partial charge in [0, 0.05) is 16.2 Å². The number of rotatable bonds is 6. The standard InChI is InChI=1S/C25H16F3N3S2/c26-25(27,28)19-12-7-13-20(14-19)33-23-21(15-29)22(18-10-5-2-6-11-18)30-24(31-23)32-16-17-8-3-1-4-9-17/h1-14H,16H2. The quantitative estimate of drug-likeness (QED) is 0.163. The van der Waals surface area contributed by atoms with Crippen LogP contribution in [0.5, 0.6) is 0 Å². The summed E-state index contributed by atoms with van der Waals surface area (Å²) in [6, 6.07) is 26.2. The first-order valence-electron chi connectivity index (χ1n) is 9.83.